The van der Waals surface area contributed by atoms with Crippen LogP contribution in [0, 0.1) is 12.8 Å². The van der Waals surface area contributed by atoms with Crippen molar-refractivity contribution in [2.75, 3.05) is 13.6 Å². The van der Waals surface area contributed by atoms with Gasteiger partial charge >= 0.3 is 0 Å². The molecule has 0 aliphatic heterocycles. The predicted molar refractivity (Wildman–Crippen MR) is 80.6 cm³/mol. The van der Waals surface area contributed by atoms with Crippen LogP contribution in [0.1, 0.15) is 36.2 Å². The number of hydrogen-bond acceptors (Lipinski definition) is 2. The van der Waals surface area contributed by atoms with Crippen LogP contribution in [0.3, 0.4) is 0 Å². The number of rotatable bonds is 5. The molecule has 0 heterocycles. The fourth-order valence-electron chi connectivity index (χ4n) is 1.81. The van der Waals surface area contributed by atoms with E-state index >= 15 is 0 Å². The number of benzene rings is 1. The summed E-state index contributed by atoms with van der Waals surface area (Å²) in [6.07, 6.45) is 0.805. The largest absolute Gasteiger partial charge is 0.342 e. The van der Waals surface area contributed by atoms with Gasteiger partial charge in [-0.3, -0.25) is 4.79 Å². The maximum atomic E-state index is 12.3. The molecule has 19 heavy (non-hydrogen) atoms. The normalized spacial score (nSPS) is 12.6. The summed E-state index contributed by atoms with van der Waals surface area (Å²) in [5.74, 6) is 0.423. The van der Waals surface area contributed by atoms with Crippen LogP contribution in [0.5, 0.6) is 0 Å². The van der Waals surface area contributed by atoms with Crippen LogP contribution in [0.4, 0.5) is 0 Å². The number of nitrogens with two attached hydrogens (primary N) is 1. The zero-order valence-electron chi connectivity index (χ0n) is 12.1. The van der Waals surface area contributed by atoms with Crippen LogP contribution < -0.4 is 5.73 Å². The van der Waals surface area contributed by atoms with E-state index in [2.05, 4.69) is 13.8 Å². The molecular formula is C15H23ClN2O. The summed E-state index contributed by atoms with van der Waals surface area (Å²) >= 11 is 5.94. The summed E-state index contributed by atoms with van der Waals surface area (Å²) in [5, 5.41) is 0.584. The Balaban J connectivity index is 2.69. The molecule has 0 aliphatic carbocycles. The number of amides is 1. The quantitative estimate of drug-likeness (QED) is 0.902. The molecule has 1 aromatic rings. The summed E-state index contributed by atoms with van der Waals surface area (Å²) < 4.78 is 0. The highest BCUT2D eigenvalue weighted by molar-refractivity contribution is 6.31. The maximum absolute atomic E-state index is 12.3. The zero-order chi connectivity index (χ0) is 14.6. The molecule has 1 unspecified atom stereocenters. The lowest BCUT2D eigenvalue weighted by molar-refractivity contribution is 0.0788. The van der Waals surface area contributed by atoms with Crippen molar-refractivity contribution in [1.82, 2.24) is 4.90 Å². The number of nitrogens with zero attached hydrogens (tertiary/aromatic N) is 1. The molecule has 1 amide bonds. The highest BCUT2D eigenvalue weighted by Gasteiger charge is 2.16. The van der Waals surface area contributed by atoms with Gasteiger partial charge < -0.3 is 10.6 Å². The number of carbonyl (C=O) groups excluding carboxylic acids is 1. The predicted octanol–water partition coefficient (Wildman–Crippen LogP) is 3.09. The summed E-state index contributed by atoms with van der Waals surface area (Å²) in [5.41, 5.74) is 7.60. The fourth-order valence-corrected chi connectivity index (χ4v) is 1.98. The van der Waals surface area contributed by atoms with Crippen molar-refractivity contribution in [2.45, 2.75) is 33.2 Å². The molecule has 0 aliphatic rings. The molecule has 0 fully saturated rings. The number of halogens is 1. The van der Waals surface area contributed by atoms with Crippen LogP contribution in [0.15, 0.2) is 18.2 Å². The first kappa shape index (κ1) is 16.0. The lowest BCUT2D eigenvalue weighted by atomic mass is 10.0. The second kappa shape index (κ2) is 6.92. The van der Waals surface area contributed by atoms with Crippen molar-refractivity contribution >= 4 is 17.5 Å². The van der Waals surface area contributed by atoms with E-state index in [9.17, 15) is 4.79 Å². The minimum absolute atomic E-state index is 0.00374. The third-order valence-electron chi connectivity index (χ3n) is 3.43. The van der Waals surface area contributed by atoms with Gasteiger partial charge in [-0.15, -0.1) is 0 Å². The van der Waals surface area contributed by atoms with Crippen LogP contribution in [0.2, 0.25) is 5.02 Å². The number of aryl methyl sites for hydroxylation is 1. The molecule has 2 N–H and O–H groups in total. The highest BCUT2D eigenvalue weighted by Crippen LogP contribution is 2.17. The molecule has 3 nitrogen and oxygen atoms in total. The number of hydrogen-bond donors (Lipinski definition) is 1. The van der Waals surface area contributed by atoms with Gasteiger partial charge in [0.25, 0.3) is 5.91 Å². The molecule has 1 aromatic carbocycles. The first-order valence-electron chi connectivity index (χ1n) is 6.60. The first-order chi connectivity index (χ1) is 8.82. The summed E-state index contributed by atoms with van der Waals surface area (Å²) in [4.78, 5) is 14.0. The molecule has 0 spiro atoms. The zero-order valence-corrected chi connectivity index (χ0v) is 12.9. The smallest absolute Gasteiger partial charge is 0.253 e. The van der Waals surface area contributed by atoms with Crippen molar-refractivity contribution in [2.24, 2.45) is 11.7 Å². The Hall–Kier alpha value is -1.06. The van der Waals surface area contributed by atoms with Gasteiger partial charge in [0.15, 0.2) is 0 Å². The van der Waals surface area contributed by atoms with E-state index in [0.29, 0.717) is 23.0 Å². The third kappa shape index (κ3) is 4.51. The van der Waals surface area contributed by atoms with E-state index < -0.39 is 0 Å². The Morgan fingerprint density at radius 2 is 2.05 bits per heavy atom. The van der Waals surface area contributed by atoms with Gasteiger partial charge in [0.2, 0.25) is 0 Å². The SMILES string of the molecule is Cc1ccc(Cl)cc1C(=O)N(C)CCC(N)C(C)C. The molecule has 106 valence electrons. The van der Waals surface area contributed by atoms with Gasteiger partial charge in [0, 0.05) is 30.2 Å². The minimum atomic E-state index is -0.00374. The Morgan fingerprint density at radius 1 is 1.42 bits per heavy atom. The molecule has 0 bridgehead atoms. The van der Waals surface area contributed by atoms with Gasteiger partial charge in [0.05, 0.1) is 0 Å². The molecule has 0 saturated heterocycles. The summed E-state index contributed by atoms with van der Waals surface area (Å²) in [6, 6.07) is 5.50. The molecule has 0 aromatic heterocycles. The Kier molecular flexibility index (Phi) is 5.83. The summed E-state index contributed by atoms with van der Waals surface area (Å²) in [7, 11) is 1.80. The second-order valence-corrected chi connectivity index (χ2v) is 5.82. The van der Waals surface area contributed by atoms with Crippen LogP contribution in [-0.4, -0.2) is 30.4 Å². The van der Waals surface area contributed by atoms with Gasteiger partial charge in [-0.1, -0.05) is 31.5 Å². The van der Waals surface area contributed by atoms with Gasteiger partial charge in [-0.05, 0) is 37.0 Å². The average Bonchev–Trinajstić information content (AvgIpc) is 2.37. The molecule has 1 rings (SSSR count). The van der Waals surface area contributed by atoms with Gasteiger partial charge in [0.1, 0.15) is 0 Å². The fraction of sp³-hybridized carbons (Fsp3) is 0.533. The minimum Gasteiger partial charge on any atom is -0.342 e. The topological polar surface area (TPSA) is 46.3 Å². The van der Waals surface area contributed by atoms with E-state index in [1.54, 1.807) is 24.1 Å². The molecular weight excluding hydrogens is 260 g/mol. The Labute approximate surface area is 120 Å². The van der Waals surface area contributed by atoms with E-state index in [1.807, 2.05) is 13.0 Å². The average molecular weight is 283 g/mol. The standard InChI is InChI=1S/C15H23ClN2O/c1-10(2)14(17)7-8-18(4)15(19)13-9-12(16)6-5-11(13)3/h5-6,9-10,14H,7-8,17H2,1-4H3. The van der Waals surface area contributed by atoms with Gasteiger partial charge in [-0.25, -0.2) is 0 Å². The highest BCUT2D eigenvalue weighted by atomic mass is 35.5. The van der Waals surface area contributed by atoms with E-state index in [0.717, 1.165) is 12.0 Å². The Morgan fingerprint density at radius 3 is 2.63 bits per heavy atom. The maximum Gasteiger partial charge on any atom is 0.253 e. The van der Waals surface area contributed by atoms with Crippen LogP contribution >= 0.6 is 11.6 Å². The lowest BCUT2D eigenvalue weighted by Crippen LogP contribution is -2.34. The van der Waals surface area contributed by atoms with Crippen LogP contribution in [-0.2, 0) is 0 Å². The molecule has 0 radical (unpaired) electrons. The van der Waals surface area contributed by atoms with Crippen molar-refractivity contribution in [1.29, 1.82) is 0 Å². The summed E-state index contributed by atoms with van der Waals surface area (Å²) in [6.45, 7) is 6.75. The van der Waals surface area contributed by atoms with Crippen molar-refractivity contribution in [3.05, 3.63) is 34.3 Å². The molecule has 4 heteroatoms. The number of carbonyl (C=O) groups is 1. The third-order valence-corrected chi connectivity index (χ3v) is 3.67. The second-order valence-electron chi connectivity index (χ2n) is 5.38. The van der Waals surface area contributed by atoms with Crippen molar-refractivity contribution in [3.8, 4) is 0 Å². The van der Waals surface area contributed by atoms with Crippen LogP contribution in [0.25, 0.3) is 0 Å². The van der Waals surface area contributed by atoms with E-state index in [4.69, 9.17) is 17.3 Å². The first-order valence-corrected chi connectivity index (χ1v) is 6.98. The lowest BCUT2D eigenvalue weighted by Gasteiger charge is -2.22. The Bertz CT molecular complexity index is 446. The van der Waals surface area contributed by atoms with Crippen molar-refractivity contribution in [3.63, 3.8) is 0 Å². The van der Waals surface area contributed by atoms with E-state index in [1.165, 1.54) is 0 Å². The molecule has 1 atom stereocenters. The monoisotopic (exact) mass is 282 g/mol. The molecule has 0 saturated carbocycles. The van der Waals surface area contributed by atoms with Crippen molar-refractivity contribution < 1.29 is 4.79 Å². The van der Waals surface area contributed by atoms with Gasteiger partial charge in [-0.2, -0.15) is 0 Å². The van der Waals surface area contributed by atoms with E-state index in [-0.39, 0.29) is 11.9 Å².